The molecule has 1 nitrogen and oxygen atoms in total. The zero-order valence-electron chi connectivity index (χ0n) is 7.80. The molecule has 0 saturated carbocycles. The molecule has 0 spiro atoms. The maximum Gasteiger partial charge on any atom is 0.00523 e. The quantitative estimate of drug-likeness (QED) is 0.531. The molecule has 64 valence electrons. The minimum Gasteiger partial charge on any atom is -0.328 e. The van der Waals surface area contributed by atoms with E-state index in [1.54, 1.807) is 0 Å². The van der Waals surface area contributed by atoms with Crippen LogP contribution in [0.15, 0.2) is 12.2 Å². The van der Waals surface area contributed by atoms with Crippen LogP contribution in [-0.2, 0) is 0 Å². The van der Waals surface area contributed by atoms with Crippen LogP contribution in [0.2, 0.25) is 0 Å². The van der Waals surface area contributed by atoms with Gasteiger partial charge < -0.3 is 5.73 Å². The molecular weight excluding hydrogens is 134 g/mol. The molecule has 1 rings (SSSR count). The highest BCUT2D eigenvalue weighted by Gasteiger charge is 2.22. The lowest BCUT2D eigenvalue weighted by atomic mass is 9.87. The van der Waals surface area contributed by atoms with Crippen LogP contribution in [0.25, 0.3) is 0 Å². The molecule has 0 amide bonds. The van der Waals surface area contributed by atoms with Crippen molar-refractivity contribution >= 4 is 0 Å². The van der Waals surface area contributed by atoms with E-state index in [0.717, 1.165) is 12.8 Å². The van der Waals surface area contributed by atoms with Gasteiger partial charge in [-0.05, 0) is 24.2 Å². The topological polar surface area (TPSA) is 26.0 Å². The molecule has 0 aliphatic heterocycles. The molecule has 0 aromatic carbocycles. The van der Waals surface area contributed by atoms with Crippen molar-refractivity contribution < 1.29 is 0 Å². The molecule has 1 aliphatic rings. The van der Waals surface area contributed by atoms with Crippen LogP contribution < -0.4 is 5.73 Å². The van der Waals surface area contributed by atoms with Gasteiger partial charge in [0.25, 0.3) is 0 Å². The monoisotopic (exact) mass is 153 g/mol. The molecule has 2 N–H and O–H groups in total. The van der Waals surface area contributed by atoms with Gasteiger partial charge in [0.2, 0.25) is 0 Å². The van der Waals surface area contributed by atoms with Gasteiger partial charge in [-0.25, -0.2) is 0 Å². The van der Waals surface area contributed by atoms with E-state index in [1.165, 1.54) is 0 Å². The molecule has 0 saturated heterocycles. The first-order valence-corrected chi connectivity index (χ1v) is 4.44. The number of hydrogen-bond donors (Lipinski definition) is 1. The smallest absolute Gasteiger partial charge is 0.00523 e. The summed E-state index contributed by atoms with van der Waals surface area (Å²) in [7, 11) is 0. The van der Waals surface area contributed by atoms with Crippen LogP contribution in [0, 0.1) is 11.3 Å². The minimum absolute atomic E-state index is 0.310. The second kappa shape index (κ2) is 2.98. The third-order valence-corrected chi connectivity index (χ3v) is 2.34. The van der Waals surface area contributed by atoms with Gasteiger partial charge >= 0.3 is 0 Å². The third kappa shape index (κ3) is 2.66. The maximum absolute atomic E-state index is 5.96. The van der Waals surface area contributed by atoms with Gasteiger partial charge in [-0.3, -0.25) is 0 Å². The van der Waals surface area contributed by atoms with Crippen molar-refractivity contribution in [3.63, 3.8) is 0 Å². The first-order valence-electron chi connectivity index (χ1n) is 4.44. The Hall–Kier alpha value is -0.300. The highest BCUT2D eigenvalue weighted by molar-refractivity contribution is 5.02. The molecule has 0 aromatic heterocycles. The second-order valence-corrected chi connectivity index (χ2v) is 4.52. The molecule has 0 radical (unpaired) electrons. The Balaban J connectivity index is 2.68. The van der Waals surface area contributed by atoms with Gasteiger partial charge in [-0.2, -0.15) is 0 Å². The SMILES string of the molecule is CC1C=CC(C)(C)CC(N)C1. The van der Waals surface area contributed by atoms with Gasteiger partial charge in [0.05, 0.1) is 0 Å². The summed E-state index contributed by atoms with van der Waals surface area (Å²) in [6.45, 7) is 6.74. The minimum atomic E-state index is 0.310. The first kappa shape index (κ1) is 8.79. The maximum atomic E-state index is 5.96. The van der Waals surface area contributed by atoms with E-state index in [1.807, 2.05) is 0 Å². The highest BCUT2D eigenvalue weighted by atomic mass is 14.6. The fourth-order valence-corrected chi connectivity index (χ4v) is 1.81. The molecule has 0 bridgehead atoms. The van der Waals surface area contributed by atoms with Gasteiger partial charge in [-0.15, -0.1) is 0 Å². The van der Waals surface area contributed by atoms with Crippen LogP contribution in [0.4, 0.5) is 0 Å². The molecule has 2 atom stereocenters. The third-order valence-electron chi connectivity index (χ3n) is 2.34. The van der Waals surface area contributed by atoms with Gasteiger partial charge in [0.1, 0.15) is 0 Å². The zero-order valence-corrected chi connectivity index (χ0v) is 7.80. The van der Waals surface area contributed by atoms with E-state index in [-0.39, 0.29) is 0 Å². The van der Waals surface area contributed by atoms with E-state index in [2.05, 4.69) is 32.9 Å². The summed E-state index contributed by atoms with van der Waals surface area (Å²) in [4.78, 5) is 0. The number of allylic oxidation sites excluding steroid dienone is 2. The predicted molar refractivity (Wildman–Crippen MR) is 49.3 cm³/mol. The van der Waals surface area contributed by atoms with Crippen molar-refractivity contribution in [2.45, 2.75) is 39.7 Å². The molecule has 0 heterocycles. The van der Waals surface area contributed by atoms with Crippen LogP contribution in [0.1, 0.15) is 33.6 Å². The Morgan fingerprint density at radius 1 is 1.45 bits per heavy atom. The van der Waals surface area contributed by atoms with Gasteiger partial charge in [0, 0.05) is 6.04 Å². The summed E-state index contributed by atoms with van der Waals surface area (Å²) in [5.74, 6) is 0.659. The predicted octanol–water partition coefficient (Wildman–Crippen LogP) is 2.33. The fraction of sp³-hybridized carbons (Fsp3) is 0.800. The Morgan fingerprint density at radius 3 is 2.73 bits per heavy atom. The molecule has 11 heavy (non-hydrogen) atoms. The van der Waals surface area contributed by atoms with Crippen molar-refractivity contribution in [1.82, 2.24) is 0 Å². The van der Waals surface area contributed by atoms with E-state index in [4.69, 9.17) is 5.73 Å². The molecule has 2 unspecified atom stereocenters. The Bertz CT molecular complexity index is 158. The first-order chi connectivity index (χ1) is 4.99. The summed E-state index contributed by atoms with van der Waals surface area (Å²) in [5, 5.41) is 0. The summed E-state index contributed by atoms with van der Waals surface area (Å²) < 4.78 is 0. The van der Waals surface area contributed by atoms with Crippen molar-refractivity contribution in [3.8, 4) is 0 Å². The summed E-state index contributed by atoms with van der Waals surface area (Å²) in [5.41, 5.74) is 6.27. The van der Waals surface area contributed by atoms with E-state index in [0.29, 0.717) is 17.4 Å². The standard InChI is InChI=1S/C10H19N/c1-8-4-5-10(2,3)7-9(11)6-8/h4-5,8-9H,6-7,11H2,1-3H3. The van der Waals surface area contributed by atoms with Crippen molar-refractivity contribution in [2.24, 2.45) is 17.1 Å². The largest absolute Gasteiger partial charge is 0.328 e. The van der Waals surface area contributed by atoms with Crippen LogP contribution >= 0.6 is 0 Å². The Kier molecular flexibility index (Phi) is 2.38. The van der Waals surface area contributed by atoms with E-state index in [9.17, 15) is 0 Å². The lowest BCUT2D eigenvalue weighted by molar-refractivity contribution is 0.379. The van der Waals surface area contributed by atoms with Gasteiger partial charge in [-0.1, -0.05) is 32.9 Å². The summed E-state index contributed by atoms with van der Waals surface area (Å²) >= 11 is 0. The average molecular weight is 153 g/mol. The molecule has 1 aliphatic carbocycles. The van der Waals surface area contributed by atoms with Crippen LogP contribution in [0.3, 0.4) is 0 Å². The van der Waals surface area contributed by atoms with Crippen LogP contribution in [-0.4, -0.2) is 6.04 Å². The van der Waals surface area contributed by atoms with E-state index < -0.39 is 0 Å². The Labute approximate surface area is 69.7 Å². The van der Waals surface area contributed by atoms with Gasteiger partial charge in [0.15, 0.2) is 0 Å². The molecule has 0 aromatic rings. The van der Waals surface area contributed by atoms with Crippen LogP contribution in [0.5, 0.6) is 0 Å². The highest BCUT2D eigenvalue weighted by Crippen LogP contribution is 2.29. The lowest BCUT2D eigenvalue weighted by Crippen LogP contribution is -2.26. The van der Waals surface area contributed by atoms with E-state index >= 15 is 0 Å². The Morgan fingerprint density at radius 2 is 2.09 bits per heavy atom. The zero-order chi connectivity index (χ0) is 8.48. The van der Waals surface area contributed by atoms with Crippen molar-refractivity contribution in [2.75, 3.05) is 0 Å². The molecular formula is C10H19N. The molecule has 1 heteroatoms. The summed E-state index contributed by atoms with van der Waals surface area (Å²) in [6, 6.07) is 0.384. The molecule has 0 fully saturated rings. The van der Waals surface area contributed by atoms with Crippen molar-refractivity contribution in [3.05, 3.63) is 12.2 Å². The van der Waals surface area contributed by atoms with Crippen molar-refractivity contribution in [1.29, 1.82) is 0 Å². The number of rotatable bonds is 0. The second-order valence-electron chi connectivity index (χ2n) is 4.52. The summed E-state index contributed by atoms with van der Waals surface area (Å²) in [6.07, 6.45) is 6.87. The fourth-order valence-electron chi connectivity index (χ4n) is 1.81. The number of hydrogen-bond acceptors (Lipinski definition) is 1. The average Bonchev–Trinajstić information content (AvgIpc) is 1.90. The number of nitrogens with two attached hydrogens (primary N) is 1. The normalized spacial score (nSPS) is 36.7. The lowest BCUT2D eigenvalue weighted by Gasteiger charge is -2.21.